The number of aromatic nitrogens is 3. The first kappa shape index (κ1) is 14.2. The van der Waals surface area contributed by atoms with Crippen molar-refractivity contribution in [3.05, 3.63) is 35.9 Å². The SMILES string of the molecule is CCOC(=O)CCc1cc(-c2cc(F)ccn2)n(C)n1. The molecule has 0 aliphatic rings. The van der Waals surface area contributed by atoms with Crippen LogP contribution in [0, 0.1) is 5.82 Å². The molecular formula is C14H16FN3O2. The summed E-state index contributed by atoms with van der Waals surface area (Å²) in [5.74, 6) is -0.590. The van der Waals surface area contributed by atoms with E-state index in [2.05, 4.69) is 10.1 Å². The molecule has 0 atom stereocenters. The van der Waals surface area contributed by atoms with Crippen LogP contribution in [0.15, 0.2) is 24.4 Å². The Morgan fingerprint density at radius 3 is 2.95 bits per heavy atom. The van der Waals surface area contributed by atoms with Crippen LogP contribution in [-0.4, -0.2) is 27.3 Å². The van der Waals surface area contributed by atoms with Crippen LogP contribution in [0.4, 0.5) is 4.39 Å². The fourth-order valence-electron chi connectivity index (χ4n) is 1.90. The highest BCUT2D eigenvalue weighted by Gasteiger charge is 2.11. The molecule has 5 nitrogen and oxygen atoms in total. The molecule has 0 saturated heterocycles. The Kier molecular flexibility index (Phi) is 4.45. The van der Waals surface area contributed by atoms with Crippen molar-refractivity contribution in [2.24, 2.45) is 7.05 Å². The number of hydrogen-bond donors (Lipinski definition) is 0. The van der Waals surface area contributed by atoms with Gasteiger partial charge in [0.15, 0.2) is 0 Å². The van der Waals surface area contributed by atoms with Gasteiger partial charge < -0.3 is 4.74 Å². The van der Waals surface area contributed by atoms with Crippen LogP contribution < -0.4 is 0 Å². The summed E-state index contributed by atoms with van der Waals surface area (Å²) in [5.41, 5.74) is 1.98. The molecule has 20 heavy (non-hydrogen) atoms. The number of pyridine rings is 1. The van der Waals surface area contributed by atoms with Gasteiger partial charge in [-0.05, 0) is 19.1 Å². The third kappa shape index (κ3) is 3.40. The van der Waals surface area contributed by atoms with Gasteiger partial charge in [-0.3, -0.25) is 14.5 Å². The maximum absolute atomic E-state index is 13.2. The first-order valence-corrected chi connectivity index (χ1v) is 6.40. The van der Waals surface area contributed by atoms with Crippen molar-refractivity contribution in [1.82, 2.24) is 14.8 Å². The van der Waals surface area contributed by atoms with Crippen molar-refractivity contribution in [2.45, 2.75) is 19.8 Å². The molecule has 0 spiro atoms. The Morgan fingerprint density at radius 1 is 1.45 bits per heavy atom. The fraction of sp³-hybridized carbons (Fsp3) is 0.357. The van der Waals surface area contributed by atoms with E-state index in [1.165, 1.54) is 18.3 Å². The maximum atomic E-state index is 13.2. The van der Waals surface area contributed by atoms with E-state index in [-0.39, 0.29) is 18.2 Å². The molecule has 0 aliphatic heterocycles. The van der Waals surface area contributed by atoms with Crippen molar-refractivity contribution >= 4 is 5.97 Å². The molecule has 0 amide bonds. The molecule has 2 aromatic rings. The minimum absolute atomic E-state index is 0.247. The van der Waals surface area contributed by atoms with E-state index in [1.54, 1.807) is 24.7 Å². The molecule has 0 fully saturated rings. The largest absolute Gasteiger partial charge is 0.466 e. The van der Waals surface area contributed by atoms with E-state index < -0.39 is 0 Å². The number of nitrogens with zero attached hydrogens (tertiary/aromatic N) is 3. The van der Waals surface area contributed by atoms with E-state index in [4.69, 9.17) is 4.74 Å². The van der Waals surface area contributed by atoms with Gasteiger partial charge in [0.1, 0.15) is 5.82 Å². The summed E-state index contributed by atoms with van der Waals surface area (Å²) in [6, 6.07) is 4.45. The molecule has 0 bridgehead atoms. The summed E-state index contributed by atoms with van der Waals surface area (Å²) in [5, 5.41) is 4.30. The minimum atomic E-state index is -0.343. The van der Waals surface area contributed by atoms with E-state index in [0.29, 0.717) is 24.4 Å². The van der Waals surface area contributed by atoms with Gasteiger partial charge >= 0.3 is 5.97 Å². The number of hydrogen-bond acceptors (Lipinski definition) is 4. The monoisotopic (exact) mass is 277 g/mol. The summed E-state index contributed by atoms with van der Waals surface area (Å²) < 4.78 is 19.7. The summed E-state index contributed by atoms with van der Waals surface area (Å²) in [6.45, 7) is 2.14. The second-order valence-electron chi connectivity index (χ2n) is 4.31. The predicted octanol–water partition coefficient (Wildman–Crippen LogP) is 2.12. The molecule has 106 valence electrons. The lowest BCUT2D eigenvalue weighted by Gasteiger charge is -1.99. The summed E-state index contributed by atoms with van der Waals surface area (Å²) in [6.07, 6.45) is 2.18. The Bertz CT molecular complexity index is 610. The van der Waals surface area contributed by atoms with Gasteiger partial charge in [0.2, 0.25) is 0 Å². The van der Waals surface area contributed by atoms with Crippen molar-refractivity contribution in [3.8, 4) is 11.4 Å². The third-order valence-electron chi connectivity index (χ3n) is 2.81. The lowest BCUT2D eigenvalue weighted by molar-refractivity contribution is -0.143. The number of carbonyl (C=O) groups excluding carboxylic acids is 1. The first-order chi connectivity index (χ1) is 9.60. The number of carbonyl (C=O) groups is 1. The fourth-order valence-corrected chi connectivity index (χ4v) is 1.90. The van der Waals surface area contributed by atoms with Gasteiger partial charge in [0, 0.05) is 25.7 Å². The molecule has 2 heterocycles. The highest BCUT2D eigenvalue weighted by molar-refractivity contribution is 5.69. The normalized spacial score (nSPS) is 10.6. The van der Waals surface area contributed by atoms with Crippen molar-refractivity contribution in [1.29, 1.82) is 0 Å². The number of halogens is 1. The Hall–Kier alpha value is -2.24. The van der Waals surface area contributed by atoms with E-state index in [9.17, 15) is 9.18 Å². The Balaban J connectivity index is 2.12. The topological polar surface area (TPSA) is 57.0 Å². The average molecular weight is 277 g/mol. The predicted molar refractivity (Wildman–Crippen MR) is 71.4 cm³/mol. The standard InChI is InChI=1S/C14H16FN3O2/c1-3-20-14(19)5-4-11-9-13(18(2)17-11)12-8-10(15)6-7-16-12/h6-9H,3-5H2,1-2H3. The molecule has 0 aliphatic carbocycles. The van der Waals surface area contributed by atoms with Crippen LogP contribution in [0.25, 0.3) is 11.4 Å². The zero-order valence-electron chi connectivity index (χ0n) is 11.5. The smallest absolute Gasteiger partial charge is 0.306 e. The lowest BCUT2D eigenvalue weighted by atomic mass is 10.2. The van der Waals surface area contributed by atoms with E-state index in [1.807, 2.05) is 0 Å². The summed E-state index contributed by atoms with van der Waals surface area (Å²) in [7, 11) is 1.76. The quantitative estimate of drug-likeness (QED) is 0.785. The molecule has 0 aromatic carbocycles. The van der Waals surface area contributed by atoms with Gasteiger partial charge in [-0.25, -0.2) is 4.39 Å². The molecular weight excluding hydrogens is 261 g/mol. The van der Waals surface area contributed by atoms with Crippen LogP contribution in [0.2, 0.25) is 0 Å². The van der Waals surface area contributed by atoms with Crippen LogP contribution in [-0.2, 0) is 23.0 Å². The second-order valence-corrected chi connectivity index (χ2v) is 4.31. The second kappa shape index (κ2) is 6.27. The zero-order valence-corrected chi connectivity index (χ0v) is 11.5. The van der Waals surface area contributed by atoms with E-state index in [0.717, 1.165) is 5.69 Å². The number of esters is 1. The number of aryl methyl sites for hydroxylation is 2. The molecule has 6 heteroatoms. The lowest BCUT2D eigenvalue weighted by Crippen LogP contribution is -2.05. The van der Waals surface area contributed by atoms with Crippen LogP contribution in [0.5, 0.6) is 0 Å². The molecule has 0 saturated carbocycles. The highest BCUT2D eigenvalue weighted by atomic mass is 19.1. The number of rotatable bonds is 5. The van der Waals surface area contributed by atoms with E-state index >= 15 is 0 Å². The average Bonchev–Trinajstić information content (AvgIpc) is 2.78. The molecule has 0 unspecified atom stereocenters. The molecule has 2 aromatic heterocycles. The van der Waals surface area contributed by atoms with Crippen LogP contribution in [0.3, 0.4) is 0 Å². The molecule has 0 N–H and O–H groups in total. The van der Waals surface area contributed by atoms with Crippen LogP contribution in [0.1, 0.15) is 19.0 Å². The van der Waals surface area contributed by atoms with Gasteiger partial charge in [-0.1, -0.05) is 0 Å². The van der Waals surface area contributed by atoms with Gasteiger partial charge in [0.25, 0.3) is 0 Å². The van der Waals surface area contributed by atoms with Gasteiger partial charge in [-0.15, -0.1) is 0 Å². The Labute approximate surface area is 116 Å². The van der Waals surface area contributed by atoms with Crippen molar-refractivity contribution in [2.75, 3.05) is 6.61 Å². The van der Waals surface area contributed by atoms with Crippen LogP contribution >= 0.6 is 0 Å². The minimum Gasteiger partial charge on any atom is -0.466 e. The number of ether oxygens (including phenoxy) is 1. The zero-order chi connectivity index (χ0) is 14.5. The van der Waals surface area contributed by atoms with Gasteiger partial charge in [-0.2, -0.15) is 5.10 Å². The summed E-state index contributed by atoms with van der Waals surface area (Å²) >= 11 is 0. The first-order valence-electron chi connectivity index (χ1n) is 6.40. The van der Waals surface area contributed by atoms with Crippen molar-refractivity contribution in [3.63, 3.8) is 0 Å². The summed E-state index contributed by atoms with van der Waals surface area (Å²) in [4.78, 5) is 15.4. The van der Waals surface area contributed by atoms with Gasteiger partial charge in [0.05, 0.1) is 30.1 Å². The molecule has 2 rings (SSSR count). The molecule has 0 radical (unpaired) electrons. The third-order valence-corrected chi connectivity index (χ3v) is 2.81. The highest BCUT2D eigenvalue weighted by Crippen LogP contribution is 2.18. The van der Waals surface area contributed by atoms with Crippen molar-refractivity contribution < 1.29 is 13.9 Å². The maximum Gasteiger partial charge on any atom is 0.306 e. The Morgan fingerprint density at radius 2 is 2.25 bits per heavy atom.